The lowest BCUT2D eigenvalue weighted by molar-refractivity contribution is 0.0353. The number of unbranched alkanes of at least 4 members (excludes halogenated alkanes) is 2. The number of carbonyl (C=O) groups excluding carboxylic acids is 1. The third-order valence-corrected chi connectivity index (χ3v) is 7.41. The normalized spacial score (nSPS) is 17.6. The van der Waals surface area contributed by atoms with E-state index in [1.54, 1.807) is 12.0 Å². The van der Waals surface area contributed by atoms with Gasteiger partial charge in [0.15, 0.2) is 16.9 Å². The standard InChI is InChI=1S/C30H35FN2O6/c1-3-4-5-15-38-24-9-7-20(18-25(24)36-2)27-26-28(34)22-19-21(31)8-10-23(22)39-29(26)30(35)33(27)12-6-11-32-13-16-37-17-14-32/h7-10,18-19,27H,3-6,11-17H2,1-2H3/t27-/m0/s1. The van der Waals surface area contributed by atoms with Crippen molar-refractivity contribution >= 4 is 16.9 Å². The van der Waals surface area contributed by atoms with Gasteiger partial charge in [-0.05, 0) is 48.7 Å². The Kier molecular flexibility index (Phi) is 8.47. The summed E-state index contributed by atoms with van der Waals surface area (Å²) in [6.45, 7) is 7.04. The van der Waals surface area contributed by atoms with Crippen LogP contribution in [0.3, 0.4) is 0 Å². The van der Waals surface area contributed by atoms with Crippen LogP contribution >= 0.6 is 0 Å². The molecule has 8 nitrogen and oxygen atoms in total. The van der Waals surface area contributed by atoms with Crippen molar-refractivity contribution in [3.05, 3.63) is 69.3 Å². The molecule has 2 aliphatic heterocycles. The van der Waals surface area contributed by atoms with Gasteiger partial charge in [-0.25, -0.2) is 4.39 Å². The van der Waals surface area contributed by atoms with Gasteiger partial charge in [0.25, 0.3) is 5.91 Å². The first-order valence-corrected chi connectivity index (χ1v) is 13.7. The van der Waals surface area contributed by atoms with Crippen LogP contribution in [-0.4, -0.2) is 68.8 Å². The predicted molar refractivity (Wildman–Crippen MR) is 145 cm³/mol. The number of nitrogens with zero attached hydrogens (tertiary/aromatic N) is 2. The summed E-state index contributed by atoms with van der Waals surface area (Å²) in [5, 5.41) is 0.115. The molecule has 3 heterocycles. The van der Waals surface area contributed by atoms with Crippen molar-refractivity contribution in [2.45, 2.75) is 38.6 Å². The third kappa shape index (κ3) is 5.65. The maximum atomic E-state index is 14.1. The zero-order chi connectivity index (χ0) is 27.4. The molecule has 0 aliphatic carbocycles. The molecular formula is C30H35FN2O6. The fraction of sp³-hybridized carbons (Fsp3) is 0.467. The number of hydrogen-bond donors (Lipinski definition) is 0. The van der Waals surface area contributed by atoms with E-state index in [2.05, 4.69) is 11.8 Å². The first-order chi connectivity index (χ1) is 19.0. The second kappa shape index (κ2) is 12.2. The van der Waals surface area contributed by atoms with Gasteiger partial charge < -0.3 is 23.5 Å². The summed E-state index contributed by atoms with van der Waals surface area (Å²) < 4.78 is 37.0. The predicted octanol–water partition coefficient (Wildman–Crippen LogP) is 4.78. The van der Waals surface area contributed by atoms with Crippen LogP contribution in [-0.2, 0) is 4.74 Å². The average molecular weight is 539 g/mol. The Morgan fingerprint density at radius 3 is 2.59 bits per heavy atom. The van der Waals surface area contributed by atoms with E-state index < -0.39 is 17.3 Å². The van der Waals surface area contributed by atoms with E-state index in [1.165, 1.54) is 12.1 Å². The van der Waals surface area contributed by atoms with Crippen LogP contribution in [0.2, 0.25) is 0 Å². The van der Waals surface area contributed by atoms with Crippen LogP contribution in [0.15, 0.2) is 45.6 Å². The molecule has 208 valence electrons. The number of ether oxygens (including phenoxy) is 3. The van der Waals surface area contributed by atoms with Gasteiger partial charge in [-0.3, -0.25) is 14.5 Å². The molecule has 2 aromatic carbocycles. The van der Waals surface area contributed by atoms with Crippen LogP contribution in [0.25, 0.3) is 11.0 Å². The maximum absolute atomic E-state index is 14.1. The van der Waals surface area contributed by atoms with E-state index >= 15 is 0 Å². The summed E-state index contributed by atoms with van der Waals surface area (Å²) in [5.74, 6) is 0.250. The Hall–Kier alpha value is -3.43. The second-order valence-corrected chi connectivity index (χ2v) is 9.99. The number of hydrogen-bond acceptors (Lipinski definition) is 7. The van der Waals surface area contributed by atoms with Crippen molar-refractivity contribution in [2.75, 3.05) is 53.1 Å². The number of amides is 1. The summed E-state index contributed by atoms with van der Waals surface area (Å²) in [4.78, 5) is 31.4. The van der Waals surface area contributed by atoms with Crippen molar-refractivity contribution < 1.29 is 27.8 Å². The van der Waals surface area contributed by atoms with E-state index in [0.29, 0.717) is 49.8 Å². The summed E-state index contributed by atoms with van der Waals surface area (Å²) in [5.41, 5.74) is 0.715. The van der Waals surface area contributed by atoms with Crippen molar-refractivity contribution in [1.29, 1.82) is 0 Å². The Morgan fingerprint density at radius 1 is 1.00 bits per heavy atom. The van der Waals surface area contributed by atoms with Crippen LogP contribution < -0.4 is 14.9 Å². The average Bonchev–Trinajstić information content (AvgIpc) is 3.23. The minimum atomic E-state index is -0.691. The van der Waals surface area contributed by atoms with Gasteiger partial charge in [0.1, 0.15) is 11.4 Å². The van der Waals surface area contributed by atoms with Crippen molar-refractivity contribution in [2.24, 2.45) is 0 Å². The van der Waals surface area contributed by atoms with Crippen LogP contribution in [0.5, 0.6) is 11.5 Å². The maximum Gasteiger partial charge on any atom is 0.290 e. The van der Waals surface area contributed by atoms with Gasteiger partial charge in [-0.2, -0.15) is 0 Å². The number of morpholine rings is 1. The van der Waals surface area contributed by atoms with E-state index in [4.69, 9.17) is 18.6 Å². The second-order valence-electron chi connectivity index (χ2n) is 9.99. The SMILES string of the molecule is CCCCCOc1ccc([C@H]2c3c(oc4ccc(F)cc4c3=O)C(=O)N2CCCN2CCOCC2)cc1OC. The molecule has 39 heavy (non-hydrogen) atoms. The lowest BCUT2D eigenvalue weighted by atomic mass is 9.98. The zero-order valence-corrected chi connectivity index (χ0v) is 22.5. The molecule has 0 unspecified atom stereocenters. The van der Waals surface area contributed by atoms with E-state index in [9.17, 15) is 14.0 Å². The minimum Gasteiger partial charge on any atom is -0.493 e. The van der Waals surface area contributed by atoms with Gasteiger partial charge in [-0.1, -0.05) is 25.8 Å². The zero-order valence-electron chi connectivity index (χ0n) is 22.5. The molecule has 2 aliphatic rings. The van der Waals surface area contributed by atoms with Gasteiger partial charge >= 0.3 is 0 Å². The first-order valence-electron chi connectivity index (χ1n) is 13.7. The van der Waals surface area contributed by atoms with Crippen molar-refractivity contribution in [3.8, 4) is 11.5 Å². The molecule has 5 rings (SSSR count). The molecule has 1 fully saturated rings. The molecule has 1 aromatic heterocycles. The fourth-order valence-electron chi connectivity index (χ4n) is 5.37. The van der Waals surface area contributed by atoms with E-state index in [1.807, 2.05) is 18.2 Å². The van der Waals surface area contributed by atoms with Gasteiger partial charge in [0.2, 0.25) is 5.76 Å². The summed E-state index contributed by atoms with van der Waals surface area (Å²) in [7, 11) is 1.57. The van der Waals surface area contributed by atoms with Crippen molar-refractivity contribution in [1.82, 2.24) is 9.80 Å². The Balaban J connectivity index is 1.50. The van der Waals surface area contributed by atoms with Crippen LogP contribution in [0.1, 0.15) is 60.3 Å². The number of carbonyl (C=O) groups is 1. The highest BCUT2D eigenvalue weighted by molar-refractivity contribution is 5.99. The molecule has 0 bridgehead atoms. The highest BCUT2D eigenvalue weighted by atomic mass is 19.1. The molecule has 3 aromatic rings. The lowest BCUT2D eigenvalue weighted by Crippen LogP contribution is -2.38. The van der Waals surface area contributed by atoms with E-state index in [0.717, 1.165) is 45.0 Å². The topological polar surface area (TPSA) is 81.5 Å². The molecule has 0 spiro atoms. The van der Waals surface area contributed by atoms with E-state index in [-0.39, 0.29) is 28.2 Å². The number of fused-ring (bicyclic) bond motifs is 2. The summed E-state index contributed by atoms with van der Waals surface area (Å²) >= 11 is 0. The summed E-state index contributed by atoms with van der Waals surface area (Å²) in [6, 6.07) is 8.57. The van der Waals surface area contributed by atoms with Gasteiger partial charge in [-0.15, -0.1) is 0 Å². The number of halogens is 1. The number of benzene rings is 2. The molecule has 1 amide bonds. The minimum absolute atomic E-state index is 0.00865. The summed E-state index contributed by atoms with van der Waals surface area (Å²) in [6.07, 6.45) is 3.82. The molecule has 0 N–H and O–H groups in total. The Labute approximate surface area is 227 Å². The number of methoxy groups -OCH3 is 1. The third-order valence-electron chi connectivity index (χ3n) is 7.41. The molecule has 1 saturated heterocycles. The first kappa shape index (κ1) is 27.1. The highest BCUT2D eigenvalue weighted by Crippen LogP contribution is 2.41. The van der Waals surface area contributed by atoms with Gasteiger partial charge in [0, 0.05) is 26.2 Å². The molecular weight excluding hydrogens is 503 g/mol. The monoisotopic (exact) mass is 538 g/mol. The Morgan fingerprint density at radius 2 is 1.82 bits per heavy atom. The van der Waals surface area contributed by atoms with Crippen LogP contribution in [0, 0.1) is 5.82 Å². The molecule has 9 heteroatoms. The molecule has 1 atom stereocenters. The number of rotatable bonds is 11. The molecule has 0 saturated carbocycles. The van der Waals surface area contributed by atoms with Crippen LogP contribution in [0.4, 0.5) is 4.39 Å². The largest absolute Gasteiger partial charge is 0.493 e. The highest BCUT2D eigenvalue weighted by Gasteiger charge is 2.42. The quantitative estimate of drug-likeness (QED) is 0.325. The lowest BCUT2D eigenvalue weighted by Gasteiger charge is -2.29. The van der Waals surface area contributed by atoms with Crippen molar-refractivity contribution in [3.63, 3.8) is 0 Å². The van der Waals surface area contributed by atoms with Gasteiger partial charge in [0.05, 0.1) is 43.9 Å². The fourth-order valence-corrected chi connectivity index (χ4v) is 5.37. The smallest absolute Gasteiger partial charge is 0.290 e. The Bertz CT molecular complexity index is 1380. The molecule has 0 radical (unpaired) electrons.